The van der Waals surface area contributed by atoms with Gasteiger partial charge in [0.05, 0.1) is 6.61 Å². The molecule has 20 heavy (non-hydrogen) atoms. The second kappa shape index (κ2) is 17.2. The average molecular weight is 310 g/mol. The van der Waals surface area contributed by atoms with Crippen molar-refractivity contribution < 1.29 is 10.2 Å². The Morgan fingerprint density at radius 3 is 1.45 bits per heavy atom. The fraction of sp³-hybridized carbons (Fsp3) is 1.00. The highest BCUT2D eigenvalue weighted by atomic mass is 35.5. The van der Waals surface area contributed by atoms with E-state index in [9.17, 15) is 5.11 Å². The molecule has 4 heteroatoms. The molecule has 0 saturated carbocycles. The van der Waals surface area contributed by atoms with Gasteiger partial charge in [-0.1, -0.05) is 57.8 Å². The molecule has 0 radical (unpaired) electrons. The maximum Gasteiger partial charge on any atom is 0.0586 e. The largest absolute Gasteiger partial charge is 0.396 e. The lowest BCUT2D eigenvalue weighted by molar-refractivity contribution is 0.159. The normalized spacial score (nSPS) is 12.4. The molecule has 0 aromatic heterocycles. The summed E-state index contributed by atoms with van der Waals surface area (Å²) in [6.07, 6.45) is 13.8. The molecular formula is C16H36ClNO2. The van der Waals surface area contributed by atoms with Crippen LogP contribution < -0.4 is 0 Å². The van der Waals surface area contributed by atoms with Crippen molar-refractivity contribution in [2.24, 2.45) is 0 Å². The minimum absolute atomic E-state index is 0. The molecule has 1 unspecified atom stereocenters. The molecule has 1 atom stereocenters. The van der Waals surface area contributed by atoms with Crippen molar-refractivity contribution in [1.82, 2.24) is 4.90 Å². The number of unbranched alkanes of at least 4 members (excludes halogenated alkanes) is 9. The van der Waals surface area contributed by atoms with Crippen LogP contribution in [-0.4, -0.2) is 48.5 Å². The SMILES string of the molecule is CN(C)C(CO)CCCCCCCCCCCCO.Cl. The Bertz CT molecular complexity index is 180. The van der Waals surface area contributed by atoms with Gasteiger partial charge in [0.15, 0.2) is 0 Å². The van der Waals surface area contributed by atoms with Gasteiger partial charge in [-0.2, -0.15) is 0 Å². The molecule has 0 saturated heterocycles. The Kier molecular flexibility index (Phi) is 19.3. The molecule has 0 heterocycles. The van der Waals surface area contributed by atoms with Crippen LogP contribution in [-0.2, 0) is 0 Å². The van der Waals surface area contributed by atoms with Crippen LogP contribution in [0.25, 0.3) is 0 Å². The molecule has 0 aliphatic heterocycles. The number of hydrogen-bond acceptors (Lipinski definition) is 3. The number of aliphatic hydroxyl groups is 2. The number of aliphatic hydroxyl groups excluding tert-OH is 2. The van der Waals surface area contributed by atoms with Gasteiger partial charge in [-0.15, -0.1) is 12.4 Å². The summed E-state index contributed by atoms with van der Waals surface area (Å²) in [5.74, 6) is 0. The van der Waals surface area contributed by atoms with Gasteiger partial charge in [-0.3, -0.25) is 0 Å². The second-order valence-electron chi connectivity index (χ2n) is 5.85. The first-order valence-electron chi connectivity index (χ1n) is 8.10. The van der Waals surface area contributed by atoms with E-state index in [1.165, 1.54) is 57.8 Å². The number of nitrogens with zero attached hydrogens (tertiary/aromatic N) is 1. The first-order valence-corrected chi connectivity index (χ1v) is 8.10. The van der Waals surface area contributed by atoms with Crippen molar-refractivity contribution in [3.63, 3.8) is 0 Å². The van der Waals surface area contributed by atoms with E-state index in [1.807, 2.05) is 14.1 Å². The van der Waals surface area contributed by atoms with Gasteiger partial charge >= 0.3 is 0 Å². The molecule has 2 N–H and O–H groups in total. The molecule has 0 fully saturated rings. The summed E-state index contributed by atoms with van der Waals surface area (Å²) in [5.41, 5.74) is 0. The fourth-order valence-corrected chi connectivity index (χ4v) is 2.42. The second-order valence-corrected chi connectivity index (χ2v) is 5.85. The minimum Gasteiger partial charge on any atom is -0.396 e. The lowest BCUT2D eigenvalue weighted by Crippen LogP contribution is -2.31. The summed E-state index contributed by atoms with van der Waals surface area (Å²) >= 11 is 0. The third-order valence-corrected chi connectivity index (χ3v) is 3.89. The zero-order chi connectivity index (χ0) is 14.3. The van der Waals surface area contributed by atoms with Crippen molar-refractivity contribution in [3.8, 4) is 0 Å². The van der Waals surface area contributed by atoms with E-state index in [-0.39, 0.29) is 19.0 Å². The molecule has 0 spiro atoms. The summed E-state index contributed by atoms with van der Waals surface area (Å²) in [7, 11) is 4.08. The highest BCUT2D eigenvalue weighted by Gasteiger charge is 2.08. The van der Waals surface area contributed by atoms with Crippen molar-refractivity contribution in [3.05, 3.63) is 0 Å². The van der Waals surface area contributed by atoms with Gasteiger partial charge in [0.2, 0.25) is 0 Å². The van der Waals surface area contributed by atoms with Gasteiger partial charge in [-0.25, -0.2) is 0 Å². The van der Waals surface area contributed by atoms with Crippen LogP contribution in [0.2, 0.25) is 0 Å². The molecule has 0 aliphatic carbocycles. The van der Waals surface area contributed by atoms with Gasteiger partial charge < -0.3 is 15.1 Å². The van der Waals surface area contributed by atoms with E-state index in [1.54, 1.807) is 0 Å². The summed E-state index contributed by atoms with van der Waals surface area (Å²) in [6.45, 7) is 0.628. The maximum absolute atomic E-state index is 9.20. The minimum atomic E-state index is 0. The Hall–Kier alpha value is 0.170. The summed E-state index contributed by atoms with van der Waals surface area (Å²) in [6, 6.07) is 0.339. The van der Waals surface area contributed by atoms with E-state index >= 15 is 0 Å². The number of rotatable bonds is 14. The first kappa shape index (κ1) is 22.5. The quantitative estimate of drug-likeness (QED) is 0.482. The Labute approximate surface area is 132 Å². The monoisotopic (exact) mass is 309 g/mol. The molecule has 0 aromatic carbocycles. The van der Waals surface area contributed by atoms with Crippen LogP contribution >= 0.6 is 12.4 Å². The zero-order valence-electron chi connectivity index (χ0n) is 13.5. The highest BCUT2D eigenvalue weighted by Crippen LogP contribution is 2.12. The topological polar surface area (TPSA) is 43.7 Å². The van der Waals surface area contributed by atoms with Crippen LogP contribution in [0.4, 0.5) is 0 Å². The molecule has 0 bridgehead atoms. The van der Waals surface area contributed by atoms with Gasteiger partial charge in [-0.05, 0) is 26.9 Å². The number of hydrogen-bond donors (Lipinski definition) is 2. The fourth-order valence-electron chi connectivity index (χ4n) is 2.42. The van der Waals surface area contributed by atoms with Crippen molar-refractivity contribution in [1.29, 1.82) is 0 Å². The first-order chi connectivity index (χ1) is 9.22. The molecule has 3 nitrogen and oxygen atoms in total. The smallest absolute Gasteiger partial charge is 0.0586 e. The van der Waals surface area contributed by atoms with E-state index < -0.39 is 0 Å². The third kappa shape index (κ3) is 14.6. The van der Waals surface area contributed by atoms with Crippen LogP contribution in [0.3, 0.4) is 0 Å². The standard InChI is InChI=1S/C16H35NO2.ClH/c1-17(2)16(15-19)13-11-9-7-5-3-4-6-8-10-12-14-18;/h16,18-19H,3-15H2,1-2H3;1H. The Morgan fingerprint density at radius 1 is 0.700 bits per heavy atom. The van der Waals surface area contributed by atoms with Crippen LogP contribution in [0, 0.1) is 0 Å². The highest BCUT2D eigenvalue weighted by molar-refractivity contribution is 5.85. The Morgan fingerprint density at radius 2 is 1.10 bits per heavy atom. The molecule has 0 amide bonds. The van der Waals surface area contributed by atoms with Crippen molar-refractivity contribution in [2.75, 3.05) is 27.3 Å². The Balaban J connectivity index is 0. The zero-order valence-corrected chi connectivity index (χ0v) is 14.3. The summed E-state index contributed by atoms with van der Waals surface area (Å²) in [5, 5.41) is 17.9. The molecule has 0 rings (SSSR count). The van der Waals surface area contributed by atoms with Gasteiger partial charge in [0.1, 0.15) is 0 Å². The predicted molar refractivity (Wildman–Crippen MR) is 89.7 cm³/mol. The van der Waals surface area contributed by atoms with E-state index in [0.29, 0.717) is 12.6 Å². The third-order valence-electron chi connectivity index (χ3n) is 3.89. The van der Waals surface area contributed by atoms with Gasteiger partial charge in [0, 0.05) is 12.6 Å². The maximum atomic E-state index is 9.20. The lowest BCUT2D eigenvalue weighted by Gasteiger charge is -2.21. The van der Waals surface area contributed by atoms with E-state index in [2.05, 4.69) is 4.90 Å². The molecular weight excluding hydrogens is 274 g/mol. The van der Waals surface area contributed by atoms with Gasteiger partial charge in [0.25, 0.3) is 0 Å². The predicted octanol–water partition coefficient (Wildman–Crippen LogP) is 3.61. The molecule has 0 aliphatic rings. The number of halogens is 1. The lowest BCUT2D eigenvalue weighted by atomic mass is 10.0. The number of likely N-dealkylation sites (N-methyl/N-ethyl adjacent to an activating group) is 1. The summed E-state index contributed by atoms with van der Waals surface area (Å²) in [4.78, 5) is 2.12. The molecule has 0 aromatic rings. The van der Waals surface area contributed by atoms with E-state index in [4.69, 9.17) is 5.11 Å². The van der Waals surface area contributed by atoms with Crippen molar-refractivity contribution >= 4 is 12.4 Å². The van der Waals surface area contributed by atoms with Crippen LogP contribution in [0.5, 0.6) is 0 Å². The van der Waals surface area contributed by atoms with Crippen LogP contribution in [0.1, 0.15) is 70.6 Å². The van der Waals surface area contributed by atoms with Crippen molar-refractivity contribution in [2.45, 2.75) is 76.7 Å². The average Bonchev–Trinajstić information content (AvgIpc) is 2.40. The summed E-state index contributed by atoms with van der Waals surface area (Å²) < 4.78 is 0. The van der Waals surface area contributed by atoms with Crippen LogP contribution in [0.15, 0.2) is 0 Å². The molecule has 124 valence electrons. The van der Waals surface area contributed by atoms with E-state index in [0.717, 1.165) is 12.8 Å².